The van der Waals surface area contributed by atoms with Crippen LogP contribution in [0.15, 0.2) is 24.8 Å². The molecule has 0 aromatic carbocycles. The fraction of sp³-hybridized carbons (Fsp3) is 0.571. The third-order valence-electron chi connectivity index (χ3n) is 3.82. The zero-order valence-corrected chi connectivity index (χ0v) is 10.7. The second kappa shape index (κ2) is 6.02. The summed E-state index contributed by atoms with van der Waals surface area (Å²) in [5.41, 5.74) is 0. The molecule has 5 heteroatoms. The molecule has 2 aliphatic rings. The summed E-state index contributed by atoms with van der Waals surface area (Å²) in [5.74, 6) is -2.55. The third-order valence-corrected chi connectivity index (χ3v) is 3.82. The van der Waals surface area contributed by atoms with Crippen LogP contribution < -0.4 is 10.4 Å². The van der Waals surface area contributed by atoms with Crippen molar-refractivity contribution in [2.24, 2.45) is 23.7 Å². The van der Waals surface area contributed by atoms with Gasteiger partial charge in [0.1, 0.15) is 0 Å². The monoisotopic (exact) mass is 264 g/mol. The summed E-state index contributed by atoms with van der Waals surface area (Å²) in [4.78, 5) is 23.2. The van der Waals surface area contributed by atoms with Crippen LogP contribution in [0.3, 0.4) is 0 Å². The van der Waals surface area contributed by atoms with Crippen molar-refractivity contribution < 1.29 is 19.4 Å². The van der Waals surface area contributed by atoms with Crippen LogP contribution in [-0.4, -0.2) is 31.6 Å². The van der Waals surface area contributed by atoms with Gasteiger partial charge >= 0.3 is 0 Å². The Labute approximate surface area is 112 Å². The van der Waals surface area contributed by atoms with Crippen LogP contribution in [0, 0.1) is 23.7 Å². The quantitative estimate of drug-likeness (QED) is 0.496. The summed E-state index contributed by atoms with van der Waals surface area (Å²) in [6.45, 7) is 4.73. The standard InChI is InChI=1S/C14H19NO4/c1-2-6-19-7-5-15-13(16)11-9-3-4-10(8-9)12(11)14(17)18/h2-4,9-12H,1,5-8H2,(H,15,16)(H,17,18)/p-1/t9-,10-,11-,12-/m0/s1. The van der Waals surface area contributed by atoms with Crippen LogP contribution in [0.5, 0.6) is 0 Å². The molecule has 2 bridgehead atoms. The van der Waals surface area contributed by atoms with E-state index in [0.717, 1.165) is 6.42 Å². The number of aliphatic carboxylic acids is 1. The van der Waals surface area contributed by atoms with Crippen molar-refractivity contribution >= 4 is 11.9 Å². The van der Waals surface area contributed by atoms with Crippen LogP contribution >= 0.6 is 0 Å². The van der Waals surface area contributed by atoms with E-state index in [1.165, 1.54) is 0 Å². The van der Waals surface area contributed by atoms with E-state index in [4.69, 9.17) is 4.74 Å². The Morgan fingerprint density at radius 1 is 1.37 bits per heavy atom. The first-order valence-corrected chi connectivity index (χ1v) is 6.50. The lowest BCUT2D eigenvalue weighted by Crippen LogP contribution is -2.45. The van der Waals surface area contributed by atoms with Crippen LogP contribution in [0.2, 0.25) is 0 Å². The molecule has 104 valence electrons. The lowest BCUT2D eigenvalue weighted by molar-refractivity contribution is -0.313. The first-order valence-electron chi connectivity index (χ1n) is 6.50. The number of amides is 1. The van der Waals surface area contributed by atoms with Gasteiger partial charge in [-0.3, -0.25) is 4.79 Å². The smallest absolute Gasteiger partial charge is 0.224 e. The molecule has 5 nitrogen and oxygen atoms in total. The number of carboxylic acids is 1. The minimum Gasteiger partial charge on any atom is -0.550 e. The zero-order valence-electron chi connectivity index (χ0n) is 10.7. The number of ether oxygens (including phenoxy) is 1. The highest BCUT2D eigenvalue weighted by Gasteiger charge is 2.48. The predicted molar refractivity (Wildman–Crippen MR) is 66.7 cm³/mol. The average molecular weight is 264 g/mol. The van der Waals surface area contributed by atoms with Gasteiger partial charge in [0.25, 0.3) is 0 Å². The van der Waals surface area contributed by atoms with Gasteiger partial charge in [-0.2, -0.15) is 0 Å². The largest absolute Gasteiger partial charge is 0.550 e. The van der Waals surface area contributed by atoms with Crippen molar-refractivity contribution in [2.75, 3.05) is 19.8 Å². The van der Waals surface area contributed by atoms with Gasteiger partial charge in [0.2, 0.25) is 5.91 Å². The summed E-state index contributed by atoms with van der Waals surface area (Å²) in [5, 5.41) is 13.9. The number of carbonyl (C=O) groups is 2. The Morgan fingerprint density at radius 2 is 2.05 bits per heavy atom. The van der Waals surface area contributed by atoms with Crippen LogP contribution in [0.25, 0.3) is 0 Å². The lowest BCUT2D eigenvalue weighted by Gasteiger charge is -2.27. The number of carboxylic acid groups (broad SMARTS) is 1. The van der Waals surface area contributed by atoms with E-state index in [0.29, 0.717) is 19.8 Å². The highest BCUT2D eigenvalue weighted by molar-refractivity contribution is 5.86. The number of hydrogen-bond acceptors (Lipinski definition) is 4. The van der Waals surface area contributed by atoms with E-state index in [-0.39, 0.29) is 17.7 Å². The van der Waals surface area contributed by atoms with Crippen molar-refractivity contribution in [3.63, 3.8) is 0 Å². The van der Waals surface area contributed by atoms with Gasteiger partial charge in [-0.1, -0.05) is 18.2 Å². The summed E-state index contributed by atoms with van der Waals surface area (Å²) in [6, 6.07) is 0. The second-order valence-corrected chi connectivity index (χ2v) is 4.97. The molecule has 0 unspecified atom stereocenters. The Bertz CT molecular complexity index is 404. The van der Waals surface area contributed by atoms with Crippen molar-refractivity contribution in [3.05, 3.63) is 24.8 Å². The molecule has 1 fully saturated rings. The Balaban J connectivity index is 1.86. The summed E-state index contributed by atoms with van der Waals surface area (Å²) in [7, 11) is 0. The average Bonchev–Trinajstić information content (AvgIpc) is 2.98. The zero-order chi connectivity index (χ0) is 13.8. The molecular weight excluding hydrogens is 246 g/mol. The Morgan fingerprint density at radius 3 is 2.68 bits per heavy atom. The first-order chi connectivity index (χ1) is 9.15. The molecule has 0 aliphatic heterocycles. The van der Waals surface area contributed by atoms with E-state index in [2.05, 4.69) is 11.9 Å². The summed E-state index contributed by atoms with van der Waals surface area (Å²) < 4.78 is 5.16. The maximum atomic E-state index is 12.1. The molecule has 1 N–H and O–H groups in total. The molecule has 2 rings (SSSR count). The molecule has 1 amide bonds. The van der Waals surface area contributed by atoms with Crippen molar-refractivity contribution in [1.29, 1.82) is 0 Å². The van der Waals surface area contributed by atoms with Gasteiger partial charge in [-0.05, 0) is 18.3 Å². The van der Waals surface area contributed by atoms with Crippen molar-refractivity contribution in [3.8, 4) is 0 Å². The molecule has 2 aliphatic carbocycles. The second-order valence-electron chi connectivity index (χ2n) is 4.97. The number of nitrogens with one attached hydrogen (secondary N) is 1. The fourth-order valence-electron chi connectivity index (χ4n) is 3.03. The van der Waals surface area contributed by atoms with E-state index < -0.39 is 17.8 Å². The summed E-state index contributed by atoms with van der Waals surface area (Å²) in [6.07, 6.45) is 6.21. The number of rotatable bonds is 7. The van der Waals surface area contributed by atoms with Crippen LogP contribution in [0.4, 0.5) is 0 Å². The van der Waals surface area contributed by atoms with Gasteiger partial charge in [0.15, 0.2) is 0 Å². The number of hydrogen-bond donors (Lipinski definition) is 1. The number of allylic oxidation sites excluding steroid dienone is 2. The van der Waals surface area contributed by atoms with Gasteiger partial charge in [-0.15, -0.1) is 6.58 Å². The van der Waals surface area contributed by atoms with Crippen molar-refractivity contribution in [2.45, 2.75) is 6.42 Å². The molecule has 0 heterocycles. The lowest BCUT2D eigenvalue weighted by atomic mass is 9.82. The van der Waals surface area contributed by atoms with Crippen LogP contribution in [0.1, 0.15) is 6.42 Å². The maximum absolute atomic E-state index is 12.1. The minimum absolute atomic E-state index is 0.0296. The van der Waals surface area contributed by atoms with E-state index in [9.17, 15) is 14.7 Å². The van der Waals surface area contributed by atoms with E-state index in [1.807, 2.05) is 12.2 Å². The van der Waals surface area contributed by atoms with E-state index >= 15 is 0 Å². The molecule has 0 aromatic heterocycles. The van der Waals surface area contributed by atoms with Gasteiger partial charge < -0.3 is 20.0 Å². The predicted octanol–water partition coefficient (Wildman–Crippen LogP) is -0.507. The maximum Gasteiger partial charge on any atom is 0.224 e. The van der Waals surface area contributed by atoms with Gasteiger partial charge in [0, 0.05) is 18.4 Å². The number of fused-ring (bicyclic) bond motifs is 2. The van der Waals surface area contributed by atoms with Crippen LogP contribution in [-0.2, 0) is 14.3 Å². The normalized spacial score (nSPS) is 31.4. The molecule has 1 saturated carbocycles. The molecule has 0 spiro atoms. The summed E-state index contributed by atoms with van der Waals surface area (Å²) >= 11 is 0. The molecule has 4 atom stereocenters. The van der Waals surface area contributed by atoms with Crippen molar-refractivity contribution in [1.82, 2.24) is 5.32 Å². The fourth-order valence-corrected chi connectivity index (χ4v) is 3.03. The molecule has 0 aromatic rings. The Kier molecular flexibility index (Phi) is 4.37. The first kappa shape index (κ1) is 13.8. The Hall–Kier alpha value is -1.62. The molecule has 19 heavy (non-hydrogen) atoms. The minimum atomic E-state index is -1.13. The molecule has 0 radical (unpaired) electrons. The SMILES string of the molecule is C=CCOCCNC(=O)[C@@H]1[C@@H](C(=O)[O-])[C@H]2C=C[C@H]1C2. The third kappa shape index (κ3) is 2.87. The molecule has 0 saturated heterocycles. The molecular formula is C14H18NO4-. The van der Waals surface area contributed by atoms with Gasteiger partial charge in [0.05, 0.1) is 19.1 Å². The highest BCUT2D eigenvalue weighted by Crippen LogP contribution is 2.47. The van der Waals surface area contributed by atoms with E-state index in [1.54, 1.807) is 6.08 Å². The highest BCUT2D eigenvalue weighted by atomic mass is 16.5. The van der Waals surface area contributed by atoms with Gasteiger partial charge in [-0.25, -0.2) is 0 Å². The number of carbonyl (C=O) groups excluding carboxylic acids is 2. The topological polar surface area (TPSA) is 78.5 Å².